The van der Waals surface area contributed by atoms with E-state index in [-0.39, 0.29) is 59.1 Å². The van der Waals surface area contributed by atoms with Crippen LogP contribution in [0.25, 0.3) is 0 Å². The third kappa shape index (κ3) is 7.27. The number of carbonyl (C=O) groups is 2. The summed E-state index contributed by atoms with van der Waals surface area (Å²) in [6.45, 7) is -0.958. The van der Waals surface area contributed by atoms with Gasteiger partial charge in [-0.25, -0.2) is 9.98 Å². The number of aryl methyl sites for hydroxylation is 1. The van der Waals surface area contributed by atoms with Crippen molar-refractivity contribution in [3.63, 3.8) is 0 Å². The number of carbonyl (C=O) groups excluding carboxylic acids is 2. The van der Waals surface area contributed by atoms with Gasteiger partial charge in [-0.15, -0.1) is 0 Å². The van der Waals surface area contributed by atoms with Crippen molar-refractivity contribution in [1.82, 2.24) is 4.98 Å². The quantitative estimate of drug-likeness (QED) is 0.0715. The molecular weight excluding hydrogens is 658 g/mol. The van der Waals surface area contributed by atoms with Crippen molar-refractivity contribution in [2.24, 2.45) is 16.5 Å². The Hall–Kier alpha value is -5.38. The zero-order valence-electron chi connectivity index (χ0n) is 27.5. The standard InChI is InChI=1S/C37H39N5O9/c38-26-16-20(12-14-41-26)13-15-49-35-33(48)31(46)25(18-43)50-36(35)51-34-24(17-42-37(39)40)21(11-10-19-6-2-1-3-7-19)27-28(32(34)47)30(45)23-9-5-4-8-22(23)29(27)44/h1-9,12,14,16,25,31,33,35-36,43,46-48H,10-11,13,15,17-18H2,(H2,38,41)(H4,39,40,42). The summed E-state index contributed by atoms with van der Waals surface area (Å²) >= 11 is 0. The molecule has 0 spiro atoms. The molecule has 1 aliphatic carbocycles. The number of phenolic OH excluding ortho intramolecular Hbond substituents is 1. The number of aliphatic hydroxyl groups is 3. The van der Waals surface area contributed by atoms with Crippen LogP contribution < -0.4 is 21.9 Å². The third-order valence-corrected chi connectivity index (χ3v) is 9.04. The molecule has 5 atom stereocenters. The number of guanidine groups is 1. The highest BCUT2D eigenvalue weighted by atomic mass is 16.7. The lowest BCUT2D eigenvalue weighted by Gasteiger charge is -2.42. The zero-order chi connectivity index (χ0) is 36.2. The van der Waals surface area contributed by atoms with E-state index in [0.717, 1.165) is 11.1 Å². The smallest absolute Gasteiger partial charge is 0.229 e. The van der Waals surface area contributed by atoms with Crippen LogP contribution in [0.3, 0.4) is 0 Å². The molecule has 2 aliphatic rings. The van der Waals surface area contributed by atoms with Gasteiger partial charge in [0.1, 0.15) is 30.2 Å². The molecule has 1 aromatic heterocycles. The van der Waals surface area contributed by atoms with Crippen molar-refractivity contribution in [3.05, 3.63) is 117 Å². The molecule has 0 saturated carbocycles. The normalized spacial score (nSPS) is 21.1. The van der Waals surface area contributed by atoms with Crippen LogP contribution in [0.2, 0.25) is 0 Å². The summed E-state index contributed by atoms with van der Waals surface area (Å²) in [4.78, 5) is 36.4. The molecule has 1 fully saturated rings. The van der Waals surface area contributed by atoms with Crippen molar-refractivity contribution in [2.75, 3.05) is 18.9 Å². The maximum atomic E-state index is 14.2. The van der Waals surface area contributed by atoms with Gasteiger partial charge < -0.3 is 51.8 Å². The zero-order valence-corrected chi connectivity index (χ0v) is 27.5. The highest BCUT2D eigenvalue weighted by molar-refractivity contribution is 6.30. The van der Waals surface area contributed by atoms with Crippen molar-refractivity contribution < 1.29 is 44.2 Å². The number of phenols is 1. The van der Waals surface area contributed by atoms with E-state index in [1.165, 1.54) is 6.07 Å². The summed E-state index contributed by atoms with van der Waals surface area (Å²) in [6, 6.07) is 19.2. The number of fused-ring (bicyclic) bond motifs is 2. The Morgan fingerprint density at radius 1 is 0.863 bits per heavy atom. The Kier molecular flexibility index (Phi) is 10.6. The number of aliphatic hydroxyl groups excluding tert-OH is 3. The summed E-state index contributed by atoms with van der Waals surface area (Å²) in [6.07, 6.45) is -4.88. The molecule has 266 valence electrons. The van der Waals surface area contributed by atoms with E-state index in [4.69, 9.17) is 31.4 Å². The van der Waals surface area contributed by atoms with Gasteiger partial charge in [0.25, 0.3) is 0 Å². The SMILES string of the molecule is NC(N)=NCc1c(CCc2ccccc2)c2c(c(O)c1OC1OC(CO)C(O)C(O)C1OCCc1ccnc(N)c1)C(=O)c1ccccc1C2=O. The first-order valence-electron chi connectivity index (χ1n) is 16.4. The fourth-order valence-electron chi connectivity index (χ4n) is 6.50. The summed E-state index contributed by atoms with van der Waals surface area (Å²) < 4.78 is 18.3. The number of aromatic nitrogens is 1. The molecule has 0 amide bonds. The first-order valence-corrected chi connectivity index (χ1v) is 16.4. The van der Waals surface area contributed by atoms with Gasteiger partial charge in [-0.1, -0.05) is 54.6 Å². The van der Waals surface area contributed by atoms with Gasteiger partial charge in [-0.3, -0.25) is 9.59 Å². The summed E-state index contributed by atoms with van der Waals surface area (Å²) in [5.41, 5.74) is 19.6. The number of nitrogens with two attached hydrogens (primary N) is 3. The Labute approximate surface area is 293 Å². The van der Waals surface area contributed by atoms with E-state index >= 15 is 0 Å². The van der Waals surface area contributed by atoms with E-state index in [1.807, 2.05) is 30.3 Å². The predicted octanol–water partition coefficient (Wildman–Crippen LogP) is 1.15. The van der Waals surface area contributed by atoms with Gasteiger partial charge in [0, 0.05) is 28.5 Å². The number of pyridine rings is 1. The van der Waals surface area contributed by atoms with Crippen LogP contribution in [-0.4, -0.2) is 86.9 Å². The summed E-state index contributed by atoms with van der Waals surface area (Å²) in [5, 5.41) is 43.9. The minimum Gasteiger partial charge on any atom is -0.504 e. The number of nitrogen functional groups attached to an aromatic ring is 1. The minimum absolute atomic E-state index is 0.00190. The van der Waals surface area contributed by atoms with Gasteiger partial charge in [0.05, 0.1) is 25.3 Å². The number of aromatic hydroxyl groups is 1. The largest absolute Gasteiger partial charge is 0.504 e. The van der Waals surface area contributed by atoms with Crippen LogP contribution >= 0.6 is 0 Å². The number of hydrogen-bond donors (Lipinski definition) is 7. The number of benzene rings is 3. The van der Waals surface area contributed by atoms with Gasteiger partial charge in [0.15, 0.2) is 29.0 Å². The number of hydrogen-bond acceptors (Lipinski definition) is 12. The van der Waals surface area contributed by atoms with Crippen LogP contribution in [0.4, 0.5) is 5.82 Å². The number of nitrogens with zero attached hydrogens (tertiary/aromatic N) is 2. The topological polar surface area (TPSA) is 246 Å². The number of anilines is 1. The maximum Gasteiger partial charge on any atom is 0.229 e. The fraction of sp³-hybridized carbons (Fsp3) is 0.297. The molecule has 14 nitrogen and oxygen atoms in total. The monoisotopic (exact) mass is 697 g/mol. The van der Waals surface area contributed by atoms with E-state index in [9.17, 15) is 30.0 Å². The van der Waals surface area contributed by atoms with E-state index in [2.05, 4.69) is 9.98 Å². The van der Waals surface area contributed by atoms with Crippen molar-refractivity contribution in [2.45, 2.75) is 56.5 Å². The minimum atomic E-state index is -1.61. The van der Waals surface area contributed by atoms with Crippen molar-refractivity contribution in [1.29, 1.82) is 0 Å². The van der Waals surface area contributed by atoms with Gasteiger partial charge in [0.2, 0.25) is 6.29 Å². The van der Waals surface area contributed by atoms with Crippen LogP contribution in [0.15, 0.2) is 77.9 Å². The van der Waals surface area contributed by atoms with Gasteiger partial charge in [-0.05, 0) is 48.1 Å². The molecule has 0 bridgehead atoms. The number of ether oxygens (including phenoxy) is 3. The van der Waals surface area contributed by atoms with Crippen LogP contribution in [-0.2, 0) is 35.3 Å². The summed E-state index contributed by atoms with van der Waals surface area (Å²) in [7, 11) is 0. The molecular formula is C37H39N5O9. The van der Waals surface area contributed by atoms with E-state index in [1.54, 1.807) is 36.5 Å². The Morgan fingerprint density at radius 2 is 1.55 bits per heavy atom. The maximum absolute atomic E-state index is 14.2. The predicted molar refractivity (Wildman–Crippen MR) is 185 cm³/mol. The third-order valence-electron chi connectivity index (χ3n) is 9.04. The molecule has 2 heterocycles. The van der Waals surface area contributed by atoms with Crippen molar-refractivity contribution >= 4 is 23.3 Å². The highest BCUT2D eigenvalue weighted by Crippen LogP contribution is 2.46. The molecule has 10 N–H and O–H groups in total. The second kappa shape index (κ2) is 15.2. The fourth-order valence-corrected chi connectivity index (χ4v) is 6.50. The average Bonchev–Trinajstić information content (AvgIpc) is 3.13. The van der Waals surface area contributed by atoms with Crippen LogP contribution in [0.1, 0.15) is 54.1 Å². The molecule has 5 unspecified atom stereocenters. The molecule has 4 aromatic rings. The number of ketones is 2. The molecule has 51 heavy (non-hydrogen) atoms. The Bertz CT molecular complexity index is 1950. The van der Waals surface area contributed by atoms with Crippen LogP contribution in [0.5, 0.6) is 11.5 Å². The lowest BCUT2D eigenvalue weighted by molar-refractivity contribution is -0.287. The molecule has 1 aliphatic heterocycles. The average molecular weight is 698 g/mol. The second-order valence-electron chi connectivity index (χ2n) is 12.3. The lowest BCUT2D eigenvalue weighted by atomic mass is 9.78. The van der Waals surface area contributed by atoms with Gasteiger partial charge in [-0.2, -0.15) is 0 Å². The first kappa shape index (κ1) is 35.4. The molecule has 6 rings (SSSR count). The van der Waals surface area contributed by atoms with Crippen molar-refractivity contribution in [3.8, 4) is 11.5 Å². The highest BCUT2D eigenvalue weighted by Gasteiger charge is 2.47. The second-order valence-corrected chi connectivity index (χ2v) is 12.3. The van der Waals surface area contributed by atoms with Crippen LogP contribution in [0, 0.1) is 0 Å². The summed E-state index contributed by atoms with van der Waals surface area (Å²) in [5.74, 6) is -2.01. The number of aliphatic imine (C=N–C) groups is 1. The van der Waals surface area contributed by atoms with E-state index in [0.29, 0.717) is 24.2 Å². The molecule has 1 saturated heterocycles. The molecule has 3 aromatic carbocycles. The molecule has 14 heteroatoms. The lowest BCUT2D eigenvalue weighted by Crippen LogP contribution is -2.61. The molecule has 0 radical (unpaired) electrons. The first-order chi connectivity index (χ1) is 24.6. The van der Waals surface area contributed by atoms with E-state index < -0.39 is 54.6 Å². The number of rotatable bonds is 12. The van der Waals surface area contributed by atoms with Gasteiger partial charge >= 0.3 is 0 Å². The Balaban J connectivity index is 1.47. The Morgan fingerprint density at radius 3 is 2.22 bits per heavy atom.